The van der Waals surface area contributed by atoms with Crippen LogP contribution in [-0.2, 0) is 6.54 Å². The van der Waals surface area contributed by atoms with Gasteiger partial charge in [-0.15, -0.1) is 11.3 Å². The highest BCUT2D eigenvalue weighted by atomic mass is 32.1. The summed E-state index contributed by atoms with van der Waals surface area (Å²) in [5, 5.41) is 5.26. The van der Waals surface area contributed by atoms with Gasteiger partial charge < -0.3 is 19.7 Å². The number of amides is 2. The number of hydrogen-bond donors (Lipinski definition) is 1. The van der Waals surface area contributed by atoms with E-state index >= 15 is 0 Å². The number of fused-ring (bicyclic) bond motifs is 1. The summed E-state index contributed by atoms with van der Waals surface area (Å²) in [6.45, 7) is 5.91. The third-order valence-corrected chi connectivity index (χ3v) is 6.75. The van der Waals surface area contributed by atoms with Gasteiger partial charge in [-0.1, -0.05) is 19.1 Å². The SMILES string of the molecule is CC1CCN(C(CNC(=O)N(C)Cc2ccc3c(c2)OCO3)c2cccs2)CC1. The largest absolute Gasteiger partial charge is 0.454 e. The number of rotatable bonds is 6. The third-order valence-electron chi connectivity index (χ3n) is 5.78. The summed E-state index contributed by atoms with van der Waals surface area (Å²) in [5.74, 6) is 2.29. The molecule has 1 fully saturated rings. The van der Waals surface area contributed by atoms with Crippen molar-refractivity contribution in [2.45, 2.75) is 32.4 Å². The number of hydrogen-bond acceptors (Lipinski definition) is 5. The zero-order chi connectivity index (χ0) is 20.2. The lowest BCUT2D eigenvalue weighted by Gasteiger charge is -2.36. The Kier molecular flexibility index (Phi) is 6.25. The Morgan fingerprint density at radius 1 is 1.28 bits per heavy atom. The molecule has 0 bridgehead atoms. The number of nitrogens with one attached hydrogen (secondary N) is 1. The lowest BCUT2D eigenvalue weighted by molar-refractivity contribution is 0.135. The van der Waals surface area contributed by atoms with Crippen LogP contribution in [0.4, 0.5) is 4.79 Å². The van der Waals surface area contributed by atoms with Gasteiger partial charge in [-0.25, -0.2) is 4.79 Å². The standard InChI is InChI=1S/C22H29N3O3S/c1-16-7-9-25(10-8-16)18(21-4-3-11-29-21)13-23-22(26)24(2)14-17-5-6-19-20(12-17)28-15-27-19/h3-6,11-12,16,18H,7-10,13-15H2,1-2H3,(H,23,26). The number of thiophene rings is 1. The van der Waals surface area contributed by atoms with Gasteiger partial charge in [-0.05, 0) is 61.0 Å². The van der Waals surface area contributed by atoms with Crippen LogP contribution in [0, 0.1) is 5.92 Å². The number of carbonyl (C=O) groups is 1. The van der Waals surface area contributed by atoms with Gasteiger partial charge in [-0.2, -0.15) is 0 Å². The van der Waals surface area contributed by atoms with E-state index in [0.29, 0.717) is 13.1 Å². The topological polar surface area (TPSA) is 54.0 Å². The van der Waals surface area contributed by atoms with E-state index < -0.39 is 0 Å². The Bertz CT molecular complexity index is 819. The van der Waals surface area contributed by atoms with E-state index in [2.05, 4.69) is 34.7 Å². The van der Waals surface area contributed by atoms with Crippen molar-refractivity contribution in [3.63, 3.8) is 0 Å². The minimum absolute atomic E-state index is 0.0606. The number of carbonyl (C=O) groups excluding carboxylic acids is 1. The zero-order valence-electron chi connectivity index (χ0n) is 17.1. The zero-order valence-corrected chi connectivity index (χ0v) is 17.9. The van der Waals surface area contributed by atoms with E-state index in [-0.39, 0.29) is 18.9 Å². The lowest BCUT2D eigenvalue weighted by atomic mass is 9.97. The van der Waals surface area contributed by atoms with E-state index in [9.17, 15) is 4.79 Å². The van der Waals surface area contributed by atoms with E-state index in [1.54, 1.807) is 16.2 Å². The molecule has 1 N–H and O–H groups in total. The van der Waals surface area contributed by atoms with E-state index in [0.717, 1.165) is 36.1 Å². The number of urea groups is 1. The van der Waals surface area contributed by atoms with Crippen LogP contribution in [0.2, 0.25) is 0 Å². The van der Waals surface area contributed by atoms with Gasteiger partial charge in [-0.3, -0.25) is 4.90 Å². The maximum absolute atomic E-state index is 12.7. The predicted octanol–water partition coefficient (Wildman–Crippen LogP) is 4.09. The second-order valence-electron chi connectivity index (χ2n) is 7.98. The molecule has 29 heavy (non-hydrogen) atoms. The van der Waals surface area contributed by atoms with Crippen molar-refractivity contribution in [3.8, 4) is 11.5 Å². The Balaban J connectivity index is 1.34. The normalized spacial score (nSPS) is 17.9. The summed E-state index contributed by atoms with van der Waals surface area (Å²) in [6, 6.07) is 10.3. The molecule has 2 aliphatic rings. The second-order valence-corrected chi connectivity index (χ2v) is 8.96. The summed E-state index contributed by atoms with van der Waals surface area (Å²) in [6.07, 6.45) is 2.44. The first-order chi connectivity index (χ1) is 14.1. The summed E-state index contributed by atoms with van der Waals surface area (Å²) in [4.78, 5) is 18.3. The average molecular weight is 416 g/mol. The number of benzene rings is 1. The molecule has 1 aromatic heterocycles. The Morgan fingerprint density at radius 3 is 2.83 bits per heavy atom. The lowest BCUT2D eigenvalue weighted by Crippen LogP contribution is -2.44. The van der Waals surface area contributed by atoms with Crippen molar-refractivity contribution in [2.24, 2.45) is 5.92 Å². The molecule has 7 heteroatoms. The highest BCUT2D eigenvalue weighted by Crippen LogP contribution is 2.33. The van der Waals surface area contributed by atoms with Crippen LogP contribution in [0.1, 0.15) is 36.2 Å². The smallest absolute Gasteiger partial charge is 0.317 e. The first-order valence-corrected chi connectivity index (χ1v) is 11.1. The molecular formula is C22H29N3O3S. The second kappa shape index (κ2) is 9.05. The van der Waals surface area contributed by atoms with E-state index in [1.165, 1.54) is 17.7 Å². The third kappa shape index (κ3) is 4.85. The maximum Gasteiger partial charge on any atom is 0.317 e. The van der Waals surface area contributed by atoms with Gasteiger partial charge in [0.2, 0.25) is 6.79 Å². The molecule has 156 valence electrons. The molecule has 0 spiro atoms. The molecule has 2 aromatic rings. The minimum Gasteiger partial charge on any atom is -0.454 e. The molecule has 6 nitrogen and oxygen atoms in total. The first kappa shape index (κ1) is 20.0. The highest BCUT2D eigenvalue weighted by Gasteiger charge is 2.26. The molecule has 0 aliphatic carbocycles. The summed E-state index contributed by atoms with van der Waals surface area (Å²) >= 11 is 1.77. The van der Waals surface area contributed by atoms with Crippen molar-refractivity contribution >= 4 is 17.4 Å². The van der Waals surface area contributed by atoms with Gasteiger partial charge in [0.25, 0.3) is 0 Å². The number of piperidine rings is 1. The van der Waals surface area contributed by atoms with E-state index in [4.69, 9.17) is 9.47 Å². The van der Waals surface area contributed by atoms with Crippen molar-refractivity contribution in [1.29, 1.82) is 0 Å². The fraction of sp³-hybridized carbons (Fsp3) is 0.500. The Labute approximate surface area is 176 Å². The number of ether oxygens (including phenoxy) is 2. The predicted molar refractivity (Wildman–Crippen MR) is 114 cm³/mol. The van der Waals surface area contributed by atoms with Crippen LogP contribution >= 0.6 is 11.3 Å². The molecule has 1 saturated heterocycles. The van der Waals surface area contributed by atoms with Gasteiger partial charge in [0.05, 0.1) is 6.04 Å². The van der Waals surface area contributed by atoms with Gasteiger partial charge >= 0.3 is 6.03 Å². The molecule has 0 saturated carbocycles. The van der Waals surface area contributed by atoms with Crippen molar-refractivity contribution in [1.82, 2.24) is 15.1 Å². The van der Waals surface area contributed by atoms with Gasteiger partial charge in [0, 0.05) is 25.0 Å². The van der Waals surface area contributed by atoms with Gasteiger partial charge in [0.15, 0.2) is 11.5 Å². The quantitative estimate of drug-likeness (QED) is 0.772. The number of likely N-dealkylation sites (tertiary alicyclic amines) is 1. The molecular weight excluding hydrogens is 386 g/mol. The monoisotopic (exact) mass is 415 g/mol. The summed E-state index contributed by atoms with van der Waals surface area (Å²) < 4.78 is 10.8. The summed E-state index contributed by atoms with van der Waals surface area (Å²) in [5.41, 5.74) is 1.02. The van der Waals surface area contributed by atoms with Crippen molar-refractivity contribution in [2.75, 3.05) is 33.5 Å². The molecule has 0 radical (unpaired) electrons. The molecule has 1 unspecified atom stereocenters. The fourth-order valence-corrected chi connectivity index (χ4v) is 4.80. The molecule has 3 heterocycles. The van der Waals surface area contributed by atoms with Crippen LogP contribution in [0.3, 0.4) is 0 Å². The van der Waals surface area contributed by atoms with Crippen LogP contribution in [0.15, 0.2) is 35.7 Å². The van der Waals surface area contributed by atoms with Gasteiger partial charge in [0.1, 0.15) is 0 Å². The van der Waals surface area contributed by atoms with Crippen LogP contribution in [0.5, 0.6) is 11.5 Å². The highest BCUT2D eigenvalue weighted by molar-refractivity contribution is 7.10. The minimum atomic E-state index is -0.0606. The molecule has 4 rings (SSSR count). The van der Waals surface area contributed by atoms with Crippen LogP contribution in [0.25, 0.3) is 0 Å². The molecule has 1 atom stereocenters. The Morgan fingerprint density at radius 2 is 2.07 bits per heavy atom. The van der Waals surface area contributed by atoms with E-state index in [1.807, 2.05) is 25.2 Å². The molecule has 2 aliphatic heterocycles. The fourth-order valence-electron chi connectivity index (χ4n) is 3.93. The van der Waals surface area contributed by atoms with Crippen LogP contribution < -0.4 is 14.8 Å². The van der Waals surface area contributed by atoms with Crippen molar-refractivity contribution < 1.29 is 14.3 Å². The van der Waals surface area contributed by atoms with Crippen LogP contribution in [-0.4, -0.2) is 49.3 Å². The first-order valence-electron chi connectivity index (χ1n) is 10.2. The van der Waals surface area contributed by atoms with Crippen molar-refractivity contribution in [3.05, 3.63) is 46.2 Å². The summed E-state index contributed by atoms with van der Waals surface area (Å²) in [7, 11) is 1.82. The maximum atomic E-state index is 12.7. The number of nitrogens with zero attached hydrogens (tertiary/aromatic N) is 2. The average Bonchev–Trinajstić information content (AvgIpc) is 3.41. The molecule has 2 amide bonds. The molecule has 1 aromatic carbocycles. The Hall–Kier alpha value is -2.25.